The maximum atomic E-state index is 12.9. The van der Waals surface area contributed by atoms with E-state index in [0.717, 1.165) is 10.4 Å². The summed E-state index contributed by atoms with van der Waals surface area (Å²) in [6.45, 7) is 6.35. The first-order valence-corrected chi connectivity index (χ1v) is 15.9. The summed E-state index contributed by atoms with van der Waals surface area (Å²) in [5, 5.41) is 17.3. The molecule has 0 aromatic heterocycles. The predicted molar refractivity (Wildman–Crippen MR) is 155 cm³/mol. The Morgan fingerprint density at radius 1 is 0.974 bits per heavy atom. The van der Waals surface area contributed by atoms with Crippen LogP contribution >= 0.6 is 11.8 Å². The third-order valence-electron chi connectivity index (χ3n) is 6.88. The fourth-order valence-corrected chi connectivity index (χ4v) is 10.5. The van der Waals surface area contributed by atoms with Crippen LogP contribution in [-0.4, -0.2) is 55.6 Å². The molecule has 0 unspecified atom stereocenters. The molecule has 4 rings (SSSR count). The number of ether oxygens (including phenoxy) is 2. The third kappa shape index (κ3) is 5.91. The van der Waals surface area contributed by atoms with E-state index in [1.807, 2.05) is 60.7 Å². The summed E-state index contributed by atoms with van der Waals surface area (Å²) in [4.78, 5) is 16.0. The SMILES string of the molecule is CS[C@@H]1O[C@H](OC(=O)c2ccccc2)[C@H](O)[C@H](O[Si](c2ccccc2)(c2ccccc2)C(C)(C)C)[C@@H]1N=[N+]=[N-]. The lowest BCUT2D eigenvalue weighted by atomic mass is 10.0. The highest BCUT2D eigenvalue weighted by molar-refractivity contribution is 7.99. The molecule has 0 amide bonds. The molecule has 204 valence electrons. The molecule has 0 aliphatic carbocycles. The molecule has 3 aromatic rings. The first kappa shape index (κ1) is 28.9. The minimum absolute atomic E-state index is 0.329. The van der Waals surface area contributed by atoms with Crippen molar-refractivity contribution >= 4 is 36.4 Å². The number of aliphatic hydroxyl groups is 1. The van der Waals surface area contributed by atoms with Crippen molar-refractivity contribution in [3.63, 3.8) is 0 Å². The zero-order chi connectivity index (χ0) is 28.0. The van der Waals surface area contributed by atoms with Gasteiger partial charge in [-0.15, -0.1) is 11.8 Å². The molecule has 1 heterocycles. The maximum absolute atomic E-state index is 12.9. The summed E-state index contributed by atoms with van der Waals surface area (Å²) in [5.41, 5.74) is 9.08. The van der Waals surface area contributed by atoms with Crippen molar-refractivity contribution in [3.05, 3.63) is 107 Å². The first-order valence-electron chi connectivity index (χ1n) is 12.7. The number of carbonyl (C=O) groups is 1. The lowest BCUT2D eigenvalue weighted by Gasteiger charge is -2.50. The molecule has 1 saturated heterocycles. The van der Waals surface area contributed by atoms with Gasteiger partial charge >= 0.3 is 5.97 Å². The monoisotopic (exact) mass is 563 g/mol. The van der Waals surface area contributed by atoms with Crippen LogP contribution in [0.3, 0.4) is 0 Å². The van der Waals surface area contributed by atoms with Crippen LogP contribution in [0.5, 0.6) is 0 Å². The summed E-state index contributed by atoms with van der Waals surface area (Å²) in [7, 11) is -3.17. The Kier molecular flexibility index (Phi) is 9.17. The quantitative estimate of drug-likeness (QED) is 0.137. The summed E-state index contributed by atoms with van der Waals surface area (Å²) in [6, 6.07) is 27.6. The van der Waals surface area contributed by atoms with Crippen LogP contribution in [0.1, 0.15) is 31.1 Å². The van der Waals surface area contributed by atoms with Crippen LogP contribution in [0.25, 0.3) is 10.4 Å². The highest BCUT2D eigenvalue weighted by Gasteiger charge is 2.56. The van der Waals surface area contributed by atoms with Crippen LogP contribution in [0.4, 0.5) is 0 Å². The van der Waals surface area contributed by atoms with Gasteiger partial charge in [-0.1, -0.05) is 105 Å². The number of nitrogens with zero attached hydrogens (tertiary/aromatic N) is 3. The zero-order valence-electron chi connectivity index (χ0n) is 22.4. The zero-order valence-corrected chi connectivity index (χ0v) is 24.2. The Bertz CT molecular complexity index is 1250. The van der Waals surface area contributed by atoms with Gasteiger partial charge in [0.25, 0.3) is 8.32 Å². The Morgan fingerprint density at radius 3 is 1.95 bits per heavy atom. The average molecular weight is 564 g/mol. The van der Waals surface area contributed by atoms with Crippen LogP contribution < -0.4 is 10.4 Å². The number of rotatable bonds is 8. The van der Waals surface area contributed by atoms with Crippen molar-refractivity contribution in [1.82, 2.24) is 0 Å². The fraction of sp³-hybridized carbons (Fsp3) is 0.345. The molecule has 0 saturated carbocycles. The molecule has 1 fully saturated rings. The molecule has 0 bridgehead atoms. The largest absolute Gasteiger partial charge is 0.429 e. The number of carbonyl (C=O) groups excluding carboxylic acids is 1. The van der Waals surface area contributed by atoms with Gasteiger partial charge in [0, 0.05) is 4.91 Å². The molecule has 0 radical (unpaired) electrons. The van der Waals surface area contributed by atoms with Gasteiger partial charge in [-0.05, 0) is 39.3 Å². The Labute approximate surface area is 234 Å². The molecular weight excluding hydrogens is 530 g/mol. The molecule has 1 N–H and O–H groups in total. The Balaban J connectivity index is 1.82. The summed E-state index contributed by atoms with van der Waals surface area (Å²) >= 11 is 1.30. The summed E-state index contributed by atoms with van der Waals surface area (Å²) < 4.78 is 18.8. The lowest BCUT2D eigenvalue weighted by molar-refractivity contribution is -0.230. The lowest BCUT2D eigenvalue weighted by Crippen LogP contribution is -2.71. The van der Waals surface area contributed by atoms with Crippen LogP contribution in [0.2, 0.25) is 5.04 Å². The van der Waals surface area contributed by atoms with Gasteiger partial charge in [0.2, 0.25) is 6.29 Å². The molecule has 10 heteroatoms. The fourth-order valence-electron chi connectivity index (χ4n) is 5.06. The predicted octanol–water partition coefficient (Wildman–Crippen LogP) is 4.87. The third-order valence-corrected chi connectivity index (χ3v) is 12.8. The van der Waals surface area contributed by atoms with E-state index >= 15 is 0 Å². The average Bonchev–Trinajstić information content (AvgIpc) is 2.95. The number of benzene rings is 3. The van der Waals surface area contributed by atoms with Gasteiger partial charge in [0.15, 0.2) is 0 Å². The Morgan fingerprint density at radius 2 is 1.49 bits per heavy atom. The van der Waals surface area contributed by atoms with Crippen LogP contribution in [0, 0.1) is 0 Å². The van der Waals surface area contributed by atoms with Gasteiger partial charge in [-0.3, -0.25) is 0 Å². The molecule has 39 heavy (non-hydrogen) atoms. The van der Waals surface area contributed by atoms with Crippen molar-refractivity contribution < 1.29 is 23.8 Å². The van der Waals surface area contributed by atoms with Gasteiger partial charge in [-0.25, -0.2) is 4.79 Å². The van der Waals surface area contributed by atoms with Crippen molar-refractivity contribution in [2.75, 3.05) is 6.26 Å². The Hall–Kier alpha value is -3.11. The van der Waals surface area contributed by atoms with Crippen LogP contribution in [-0.2, 0) is 13.9 Å². The minimum Gasteiger partial charge on any atom is -0.429 e. The number of hydrogen-bond acceptors (Lipinski definition) is 7. The van der Waals surface area contributed by atoms with E-state index in [-0.39, 0.29) is 0 Å². The van der Waals surface area contributed by atoms with E-state index in [9.17, 15) is 15.4 Å². The topological polar surface area (TPSA) is 114 Å². The van der Waals surface area contributed by atoms with E-state index in [2.05, 4.69) is 30.8 Å². The number of thioether (sulfide) groups is 1. The maximum Gasteiger partial charge on any atom is 0.340 e. The normalized spacial score (nSPS) is 23.5. The van der Waals surface area contributed by atoms with Crippen LogP contribution in [0.15, 0.2) is 96.1 Å². The second kappa shape index (κ2) is 12.4. The van der Waals surface area contributed by atoms with Crippen molar-refractivity contribution in [2.45, 2.75) is 55.8 Å². The van der Waals surface area contributed by atoms with Crippen molar-refractivity contribution in [1.29, 1.82) is 0 Å². The van der Waals surface area contributed by atoms with E-state index in [1.165, 1.54) is 11.8 Å². The number of aliphatic hydroxyl groups excluding tert-OH is 1. The van der Waals surface area contributed by atoms with Gasteiger partial charge in [0.05, 0.1) is 11.7 Å². The van der Waals surface area contributed by atoms with E-state index in [4.69, 9.17) is 13.9 Å². The second-order valence-electron chi connectivity index (χ2n) is 10.3. The number of hydrogen-bond donors (Lipinski definition) is 1. The smallest absolute Gasteiger partial charge is 0.340 e. The standard InChI is InChI=1S/C29H33N3O5SSi/c1-29(2,3)39(21-16-10-6-11-17-21,22-18-12-7-13-19-22)37-25-23(31-32-30)28(38-4)36-27(24(25)33)35-26(34)20-14-8-5-9-15-20/h5-19,23-25,27-28,33H,1-4H3/t23-,24+,25+,27-,28-/m0/s1. The molecule has 1 aliphatic heterocycles. The van der Waals surface area contributed by atoms with Gasteiger partial charge in [-0.2, -0.15) is 0 Å². The second-order valence-corrected chi connectivity index (χ2v) is 15.5. The molecule has 0 spiro atoms. The van der Waals surface area contributed by atoms with Crippen molar-refractivity contribution in [2.24, 2.45) is 5.11 Å². The van der Waals surface area contributed by atoms with E-state index in [0.29, 0.717) is 5.56 Å². The van der Waals surface area contributed by atoms with E-state index in [1.54, 1.807) is 36.6 Å². The minimum atomic E-state index is -3.17. The summed E-state index contributed by atoms with van der Waals surface area (Å²) in [5.74, 6) is -0.633. The highest BCUT2D eigenvalue weighted by Crippen LogP contribution is 2.41. The number of azide groups is 1. The summed E-state index contributed by atoms with van der Waals surface area (Å²) in [6.07, 6.45) is -1.97. The molecule has 3 aromatic carbocycles. The highest BCUT2D eigenvalue weighted by atomic mass is 32.2. The number of esters is 1. The van der Waals surface area contributed by atoms with E-state index < -0.39 is 49.3 Å². The molecule has 5 atom stereocenters. The van der Waals surface area contributed by atoms with Gasteiger partial charge < -0.3 is 19.0 Å². The first-order chi connectivity index (χ1) is 18.7. The van der Waals surface area contributed by atoms with Crippen molar-refractivity contribution in [3.8, 4) is 0 Å². The van der Waals surface area contributed by atoms with Gasteiger partial charge in [0.1, 0.15) is 17.6 Å². The molecular formula is C29H33N3O5SSi. The molecule has 8 nitrogen and oxygen atoms in total. The molecule has 1 aliphatic rings.